The molecule has 0 bridgehead atoms. The maximum absolute atomic E-state index is 11.9. The number of morpholine rings is 1. The molecule has 1 aromatic rings. The number of ether oxygens (including phenoxy) is 1. The van der Waals surface area contributed by atoms with Crippen molar-refractivity contribution in [1.29, 1.82) is 0 Å². The fraction of sp³-hybridized carbons (Fsp3) is 0.500. The van der Waals surface area contributed by atoms with Gasteiger partial charge in [-0.05, 0) is 30.8 Å². The van der Waals surface area contributed by atoms with Crippen LogP contribution in [0.15, 0.2) is 29.2 Å². The molecule has 0 radical (unpaired) electrons. The molecular formula is C14H20N2O2S. The Morgan fingerprint density at radius 3 is 2.89 bits per heavy atom. The molecule has 19 heavy (non-hydrogen) atoms. The average Bonchev–Trinajstić information content (AvgIpc) is 2.46. The van der Waals surface area contributed by atoms with Crippen LogP contribution < -0.4 is 5.32 Å². The van der Waals surface area contributed by atoms with Crippen molar-refractivity contribution in [2.75, 3.05) is 32.8 Å². The summed E-state index contributed by atoms with van der Waals surface area (Å²) in [5.74, 6) is -0.0643. The Balaban J connectivity index is 1.81. The third-order valence-electron chi connectivity index (χ3n) is 3.29. The van der Waals surface area contributed by atoms with Gasteiger partial charge < -0.3 is 10.1 Å². The highest BCUT2D eigenvalue weighted by Crippen LogP contribution is 2.08. The molecule has 2 rings (SSSR count). The van der Waals surface area contributed by atoms with Crippen molar-refractivity contribution in [3.63, 3.8) is 0 Å². The molecule has 1 fully saturated rings. The average molecular weight is 280 g/mol. The Bertz CT molecular complexity index is 422. The van der Waals surface area contributed by atoms with E-state index in [2.05, 4.69) is 29.8 Å². The number of amides is 1. The Morgan fingerprint density at radius 2 is 2.21 bits per heavy atom. The zero-order valence-electron chi connectivity index (χ0n) is 11.1. The van der Waals surface area contributed by atoms with E-state index in [1.54, 1.807) is 12.1 Å². The van der Waals surface area contributed by atoms with E-state index in [4.69, 9.17) is 4.74 Å². The van der Waals surface area contributed by atoms with E-state index in [-0.39, 0.29) is 12.0 Å². The SMILES string of the molecule is CCN1CCOC(CNC(=O)c2ccc(S)cc2)C1. The van der Waals surface area contributed by atoms with Crippen LogP contribution in [-0.2, 0) is 4.74 Å². The smallest absolute Gasteiger partial charge is 0.251 e. The minimum atomic E-state index is -0.0643. The summed E-state index contributed by atoms with van der Waals surface area (Å²) in [4.78, 5) is 15.1. The summed E-state index contributed by atoms with van der Waals surface area (Å²) in [6, 6.07) is 7.18. The van der Waals surface area contributed by atoms with Crippen molar-refractivity contribution < 1.29 is 9.53 Å². The van der Waals surface area contributed by atoms with Gasteiger partial charge in [0, 0.05) is 30.1 Å². The highest BCUT2D eigenvalue weighted by Gasteiger charge is 2.19. The van der Waals surface area contributed by atoms with Crippen LogP contribution in [0, 0.1) is 0 Å². The van der Waals surface area contributed by atoms with E-state index in [9.17, 15) is 4.79 Å². The molecule has 1 aromatic carbocycles. The number of carbonyl (C=O) groups excluding carboxylic acids is 1. The van der Waals surface area contributed by atoms with Crippen molar-refractivity contribution in [2.45, 2.75) is 17.9 Å². The summed E-state index contributed by atoms with van der Waals surface area (Å²) < 4.78 is 5.65. The molecule has 0 saturated carbocycles. The number of nitrogens with one attached hydrogen (secondary N) is 1. The van der Waals surface area contributed by atoms with E-state index < -0.39 is 0 Å². The van der Waals surface area contributed by atoms with Crippen LogP contribution in [0.4, 0.5) is 0 Å². The molecule has 1 N–H and O–H groups in total. The lowest BCUT2D eigenvalue weighted by atomic mass is 10.2. The molecule has 0 aromatic heterocycles. The number of benzene rings is 1. The summed E-state index contributed by atoms with van der Waals surface area (Å²) in [7, 11) is 0. The third-order valence-corrected chi connectivity index (χ3v) is 3.59. The topological polar surface area (TPSA) is 41.6 Å². The number of thiol groups is 1. The maximum Gasteiger partial charge on any atom is 0.251 e. The predicted octanol–water partition coefficient (Wildman–Crippen LogP) is 1.43. The van der Waals surface area contributed by atoms with Crippen LogP contribution in [0.5, 0.6) is 0 Å². The van der Waals surface area contributed by atoms with Crippen LogP contribution in [0.3, 0.4) is 0 Å². The molecule has 4 nitrogen and oxygen atoms in total. The van der Waals surface area contributed by atoms with Gasteiger partial charge in [-0.2, -0.15) is 0 Å². The lowest BCUT2D eigenvalue weighted by Gasteiger charge is -2.32. The highest BCUT2D eigenvalue weighted by atomic mass is 32.1. The van der Waals surface area contributed by atoms with E-state index in [0.29, 0.717) is 12.1 Å². The number of hydrogen-bond donors (Lipinski definition) is 2. The van der Waals surface area contributed by atoms with Gasteiger partial charge in [0.05, 0.1) is 12.7 Å². The van der Waals surface area contributed by atoms with Gasteiger partial charge in [-0.25, -0.2) is 0 Å². The van der Waals surface area contributed by atoms with Gasteiger partial charge in [-0.15, -0.1) is 12.6 Å². The van der Waals surface area contributed by atoms with Gasteiger partial charge in [0.25, 0.3) is 5.91 Å². The summed E-state index contributed by atoms with van der Waals surface area (Å²) in [5, 5.41) is 2.92. The van der Waals surface area contributed by atoms with Gasteiger partial charge in [-0.3, -0.25) is 9.69 Å². The summed E-state index contributed by atoms with van der Waals surface area (Å²) >= 11 is 4.20. The van der Waals surface area contributed by atoms with Crippen LogP contribution in [0.1, 0.15) is 17.3 Å². The Morgan fingerprint density at radius 1 is 1.47 bits per heavy atom. The number of hydrogen-bond acceptors (Lipinski definition) is 4. The monoisotopic (exact) mass is 280 g/mol. The molecule has 1 saturated heterocycles. The van der Waals surface area contributed by atoms with Gasteiger partial charge in [0.2, 0.25) is 0 Å². The van der Waals surface area contributed by atoms with Gasteiger partial charge in [-0.1, -0.05) is 6.92 Å². The van der Waals surface area contributed by atoms with E-state index in [1.165, 1.54) is 0 Å². The van der Waals surface area contributed by atoms with Crippen molar-refractivity contribution in [1.82, 2.24) is 10.2 Å². The van der Waals surface area contributed by atoms with Crippen molar-refractivity contribution in [3.05, 3.63) is 29.8 Å². The van der Waals surface area contributed by atoms with Crippen molar-refractivity contribution in [3.8, 4) is 0 Å². The second kappa shape index (κ2) is 6.93. The van der Waals surface area contributed by atoms with Gasteiger partial charge in [0.1, 0.15) is 0 Å². The van der Waals surface area contributed by atoms with Gasteiger partial charge >= 0.3 is 0 Å². The van der Waals surface area contributed by atoms with E-state index in [1.807, 2.05) is 12.1 Å². The number of nitrogens with zero attached hydrogens (tertiary/aromatic N) is 1. The van der Waals surface area contributed by atoms with Crippen LogP contribution in [0.2, 0.25) is 0 Å². The first-order valence-corrected chi connectivity index (χ1v) is 7.05. The Hall–Kier alpha value is -1.04. The molecule has 5 heteroatoms. The second-order valence-corrected chi connectivity index (χ2v) is 5.16. The van der Waals surface area contributed by atoms with Crippen LogP contribution >= 0.6 is 12.6 Å². The molecule has 1 amide bonds. The van der Waals surface area contributed by atoms with Crippen molar-refractivity contribution in [2.24, 2.45) is 0 Å². The van der Waals surface area contributed by atoms with Crippen molar-refractivity contribution >= 4 is 18.5 Å². The van der Waals surface area contributed by atoms with Crippen LogP contribution in [0.25, 0.3) is 0 Å². The number of rotatable bonds is 4. The first-order chi connectivity index (χ1) is 9.19. The summed E-state index contributed by atoms with van der Waals surface area (Å²) in [5.41, 5.74) is 0.654. The summed E-state index contributed by atoms with van der Waals surface area (Å²) in [6.07, 6.45) is 0.0850. The standard InChI is InChI=1S/C14H20N2O2S/c1-2-16-7-8-18-12(10-16)9-15-14(17)11-3-5-13(19)6-4-11/h3-6,12,19H,2,7-10H2,1H3,(H,15,17). The first kappa shape index (κ1) is 14.4. The van der Waals surface area contributed by atoms with E-state index >= 15 is 0 Å². The minimum absolute atomic E-state index is 0.0643. The highest BCUT2D eigenvalue weighted by molar-refractivity contribution is 7.80. The Labute approximate surface area is 119 Å². The zero-order chi connectivity index (χ0) is 13.7. The molecule has 0 spiro atoms. The molecule has 0 aliphatic carbocycles. The quantitative estimate of drug-likeness (QED) is 0.820. The second-order valence-electron chi connectivity index (χ2n) is 4.64. The third kappa shape index (κ3) is 4.23. The molecule has 1 unspecified atom stereocenters. The zero-order valence-corrected chi connectivity index (χ0v) is 12.0. The number of likely N-dealkylation sites (N-methyl/N-ethyl adjacent to an activating group) is 1. The molecule has 104 valence electrons. The first-order valence-electron chi connectivity index (χ1n) is 6.60. The molecule has 1 aliphatic rings. The van der Waals surface area contributed by atoms with Gasteiger partial charge in [0.15, 0.2) is 0 Å². The lowest BCUT2D eigenvalue weighted by molar-refractivity contribution is -0.0246. The predicted molar refractivity (Wildman–Crippen MR) is 77.9 cm³/mol. The fourth-order valence-electron chi connectivity index (χ4n) is 2.11. The largest absolute Gasteiger partial charge is 0.374 e. The number of carbonyl (C=O) groups is 1. The van der Waals surface area contributed by atoms with Crippen LogP contribution in [-0.4, -0.2) is 49.7 Å². The summed E-state index contributed by atoms with van der Waals surface area (Å²) in [6.45, 7) is 6.31. The molecule has 1 heterocycles. The fourth-order valence-corrected chi connectivity index (χ4v) is 2.26. The normalized spacial score (nSPS) is 20.2. The Kier molecular flexibility index (Phi) is 5.24. The molecular weight excluding hydrogens is 260 g/mol. The minimum Gasteiger partial charge on any atom is -0.374 e. The lowest BCUT2D eigenvalue weighted by Crippen LogP contribution is -2.47. The molecule has 1 aliphatic heterocycles. The maximum atomic E-state index is 11.9. The molecule has 1 atom stereocenters. The van der Waals surface area contributed by atoms with E-state index in [0.717, 1.165) is 31.1 Å².